The molecule has 1 unspecified atom stereocenters. The second kappa shape index (κ2) is 7.26. The van der Waals surface area contributed by atoms with Gasteiger partial charge in [0.1, 0.15) is 9.84 Å². The SMILES string of the molecule is CCS(=O)(=O)CCCC(O)Cc1ccc(Br)cc1. The first-order valence-corrected chi connectivity index (χ1v) is 8.67. The molecule has 0 aliphatic rings. The lowest BCUT2D eigenvalue weighted by Crippen LogP contribution is -2.14. The fourth-order valence-electron chi connectivity index (χ4n) is 1.68. The minimum Gasteiger partial charge on any atom is -0.393 e. The molecule has 1 atom stereocenters. The van der Waals surface area contributed by atoms with Gasteiger partial charge in [0.25, 0.3) is 0 Å². The molecule has 0 aromatic heterocycles. The number of halogens is 1. The van der Waals surface area contributed by atoms with Gasteiger partial charge in [-0.1, -0.05) is 35.0 Å². The van der Waals surface area contributed by atoms with E-state index < -0.39 is 15.9 Å². The second-order valence-corrected chi connectivity index (χ2v) is 7.75. The van der Waals surface area contributed by atoms with Gasteiger partial charge in [-0.05, 0) is 37.0 Å². The number of aliphatic hydroxyl groups excluding tert-OH is 1. The van der Waals surface area contributed by atoms with E-state index in [9.17, 15) is 13.5 Å². The first-order chi connectivity index (χ1) is 8.43. The normalized spacial score (nSPS) is 13.5. The van der Waals surface area contributed by atoms with Gasteiger partial charge in [0.15, 0.2) is 0 Å². The minimum absolute atomic E-state index is 0.168. The van der Waals surface area contributed by atoms with Crippen molar-refractivity contribution in [2.75, 3.05) is 11.5 Å². The quantitative estimate of drug-likeness (QED) is 0.833. The van der Waals surface area contributed by atoms with Gasteiger partial charge >= 0.3 is 0 Å². The van der Waals surface area contributed by atoms with Gasteiger partial charge in [0.05, 0.1) is 11.9 Å². The Morgan fingerprint density at radius 1 is 1.28 bits per heavy atom. The Bertz CT molecular complexity index is 454. The number of hydrogen-bond acceptors (Lipinski definition) is 3. The molecule has 1 aromatic rings. The Balaban J connectivity index is 2.34. The molecule has 0 fully saturated rings. The van der Waals surface area contributed by atoms with Crippen molar-refractivity contribution in [2.24, 2.45) is 0 Å². The summed E-state index contributed by atoms with van der Waals surface area (Å²) in [6, 6.07) is 7.78. The minimum atomic E-state index is -2.91. The van der Waals surface area contributed by atoms with Crippen molar-refractivity contribution in [3.63, 3.8) is 0 Å². The van der Waals surface area contributed by atoms with Gasteiger partial charge in [0, 0.05) is 10.2 Å². The van der Waals surface area contributed by atoms with Crippen LogP contribution in [0.4, 0.5) is 0 Å². The van der Waals surface area contributed by atoms with Gasteiger partial charge in [0.2, 0.25) is 0 Å². The zero-order chi connectivity index (χ0) is 13.6. The predicted octanol–water partition coefficient (Wildman–Crippen LogP) is 2.57. The van der Waals surface area contributed by atoms with E-state index in [-0.39, 0.29) is 11.5 Å². The second-order valence-electron chi connectivity index (χ2n) is 4.36. The first kappa shape index (κ1) is 15.7. The zero-order valence-corrected chi connectivity index (χ0v) is 12.9. The summed E-state index contributed by atoms with van der Waals surface area (Å²) in [6.45, 7) is 1.65. The Hall–Kier alpha value is -0.390. The molecule has 0 saturated heterocycles. The van der Waals surface area contributed by atoms with Gasteiger partial charge in [-0.15, -0.1) is 0 Å². The lowest BCUT2D eigenvalue weighted by Gasteiger charge is -2.10. The van der Waals surface area contributed by atoms with Crippen LogP contribution in [0.3, 0.4) is 0 Å². The molecule has 5 heteroatoms. The average molecular weight is 335 g/mol. The van der Waals surface area contributed by atoms with Gasteiger partial charge in [-0.3, -0.25) is 0 Å². The maximum atomic E-state index is 11.3. The van der Waals surface area contributed by atoms with Crippen LogP contribution in [0.2, 0.25) is 0 Å². The third-order valence-electron chi connectivity index (χ3n) is 2.82. The third kappa shape index (κ3) is 5.98. The zero-order valence-electron chi connectivity index (χ0n) is 10.5. The Morgan fingerprint density at radius 2 is 1.89 bits per heavy atom. The van der Waals surface area contributed by atoms with Crippen molar-refractivity contribution in [1.29, 1.82) is 0 Å². The van der Waals surface area contributed by atoms with Crippen molar-refractivity contribution in [1.82, 2.24) is 0 Å². The molecule has 0 aliphatic heterocycles. The number of hydrogen-bond donors (Lipinski definition) is 1. The Labute approximate surface area is 117 Å². The highest BCUT2D eigenvalue weighted by Crippen LogP contribution is 2.13. The molecule has 3 nitrogen and oxygen atoms in total. The molecular weight excluding hydrogens is 316 g/mol. The van der Waals surface area contributed by atoms with E-state index in [1.807, 2.05) is 24.3 Å². The van der Waals surface area contributed by atoms with Gasteiger partial charge < -0.3 is 5.11 Å². The summed E-state index contributed by atoms with van der Waals surface area (Å²) in [5, 5.41) is 9.83. The summed E-state index contributed by atoms with van der Waals surface area (Å²) >= 11 is 3.35. The van der Waals surface area contributed by atoms with Crippen LogP contribution in [-0.4, -0.2) is 31.1 Å². The van der Waals surface area contributed by atoms with Crippen molar-refractivity contribution in [3.8, 4) is 0 Å². The van der Waals surface area contributed by atoms with E-state index in [0.717, 1.165) is 10.0 Å². The van der Waals surface area contributed by atoms with Crippen LogP contribution in [0.5, 0.6) is 0 Å². The molecule has 0 radical (unpaired) electrons. The number of benzene rings is 1. The maximum absolute atomic E-state index is 11.3. The summed E-state index contributed by atoms with van der Waals surface area (Å²) in [7, 11) is -2.91. The van der Waals surface area contributed by atoms with Crippen LogP contribution in [-0.2, 0) is 16.3 Å². The van der Waals surface area contributed by atoms with Crippen molar-refractivity contribution in [3.05, 3.63) is 34.3 Å². The molecule has 0 amide bonds. The van der Waals surface area contributed by atoms with E-state index >= 15 is 0 Å². The highest BCUT2D eigenvalue weighted by atomic mass is 79.9. The monoisotopic (exact) mass is 334 g/mol. The molecular formula is C13H19BrO3S. The van der Waals surface area contributed by atoms with Crippen LogP contribution in [0.1, 0.15) is 25.3 Å². The van der Waals surface area contributed by atoms with Crippen molar-refractivity contribution in [2.45, 2.75) is 32.3 Å². The van der Waals surface area contributed by atoms with Crippen LogP contribution in [0.15, 0.2) is 28.7 Å². The summed E-state index contributed by atoms with van der Waals surface area (Å²) in [4.78, 5) is 0. The molecule has 18 heavy (non-hydrogen) atoms. The van der Waals surface area contributed by atoms with E-state index in [0.29, 0.717) is 19.3 Å². The molecule has 1 aromatic carbocycles. The fourth-order valence-corrected chi connectivity index (χ4v) is 2.84. The summed E-state index contributed by atoms with van der Waals surface area (Å²) in [6.07, 6.45) is 1.14. The van der Waals surface area contributed by atoms with Crippen molar-refractivity contribution >= 4 is 25.8 Å². The number of aliphatic hydroxyl groups is 1. The highest BCUT2D eigenvalue weighted by Gasteiger charge is 2.10. The van der Waals surface area contributed by atoms with Crippen LogP contribution < -0.4 is 0 Å². The van der Waals surface area contributed by atoms with Crippen molar-refractivity contribution < 1.29 is 13.5 Å². The molecule has 1 N–H and O–H groups in total. The Morgan fingerprint density at radius 3 is 2.44 bits per heavy atom. The lowest BCUT2D eigenvalue weighted by molar-refractivity contribution is 0.164. The van der Waals surface area contributed by atoms with Gasteiger partial charge in [-0.25, -0.2) is 8.42 Å². The number of rotatable bonds is 7. The van der Waals surface area contributed by atoms with E-state index in [4.69, 9.17) is 0 Å². The first-order valence-electron chi connectivity index (χ1n) is 6.06. The van der Waals surface area contributed by atoms with E-state index in [2.05, 4.69) is 15.9 Å². The Kier molecular flexibility index (Phi) is 6.32. The predicted molar refractivity (Wildman–Crippen MR) is 77.4 cm³/mol. The number of sulfone groups is 1. The standard InChI is InChI=1S/C13H19BrO3S/c1-2-18(16,17)9-3-4-13(15)10-11-5-7-12(14)8-6-11/h5-8,13,15H,2-4,9-10H2,1H3. The van der Waals surface area contributed by atoms with E-state index in [1.54, 1.807) is 6.92 Å². The van der Waals surface area contributed by atoms with Crippen LogP contribution in [0.25, 0.3) is 0 Å². The molecule has 0 spiro atoms. The highest BCUT2D eigenvalue weighted by molar-refractivity contribution is 9.10. The molecule has 0 saturated carbocycles. The van der Waals surface area contributed by atoms with Crippen LogP contribution >= 0.6 is 15.9 Å². The molecule has 1 rings (SSSR count). The molecule has 0 aliphatic carbocycles. The smallest absolute Gasteiger partial charge is 0.150 e. The summed E-state index contributed by atoms with van der Waals surface area (Å²) < 4.78 is 23.6. The maximum Gasteiger partial charge on any atom is 0.150 e. The van der Waals surface area contributed by atoms with Crippen LogP contribution in [0, 0.1) is 0 Å². The van der Waals surface area contributed by atoms with Gasteiger partial charge in [-0.2, -0.15) is 0 Å². The largest absolute Gasteiger partial charge is 0.393 e. The van der Waals surface area contributed by atoms with E-state index in [1.165, 1.54) is 0 Å². The fraction of sp³-hybridized carbons (Fsp3) is 0.538. The topological polar surface area (TPSA) is 54.4 Å². The molecule has 102 valence electrons. The lowest BCUT2D eigenvalue weighted by atomic mass is 10.1. The molecule has 0 bridgehead atoms. The summed E-state index contributed by atoms with van der Waals surface area (Å²) in [5.74, 6) is 0.344. The third-order valence-corrected chi connectivity index (χ3v) is 5.14. The summed E-state index contributed by atoms with van der Waals surface area (Å²) in [5.41, 5.74) is 1.06. The molecule has 0 heterocycles. The average Bonchev–Trinajstić information content (AvgIpc) is 2.32.